The van der Waals surface area contributed by atoms with E-state index in [-0.39, 0.29) is 6.03 Å². The molecule has 2 amide bonds. The predicted octanol–water partition coefficient (Wildman–Crippen LogP) is 1.05. The first-order chi connectivity index (χ1) is 9.74. The smallest absolute Gasteiger partial charge is 0.314 e. The number of benzene rings is 1. The van der Waals surface area contributed by atoms with Gasteiger partial charge in [-0.3, -0.25) is 0 Å². The average Bonchev–Trinajstić information content (AvgIpc) is 2.94. The number of fused-ring (bicyclic) bond motifs is 1. The van der Waals surface area contributed by atoms with Crippen LogP contribution in [0.15, 0.2) is 18.2 Å². The number of piperidine rings is 1. The van der Waals surface area contributed by atoms with Crippen LogP contribution in [0.2, 0.25) is 0 Å². The number of nitrogens with one attached hydrogen (secondary N) is 1. The van der Waals surface area contributed by atoms with Crippen molar-refractivity contribution in [2.24, 2.45) is 5.73 Å². The van der Waals surface area contributed by atoms with Gasteiger partial charge in [-0.05, 0) is 18.9 Å². The van der Waals surface area contributed by atoms with Gasteiger partial charge in [-0.2, -0.15) is 0 Å². The number of hydrogen-bond donors (Lipinski definition) is 2. The summed E-state index contributed by atoms with van der Waals surface area (Å²) in [5.41, 5.74) is 6.38. The summed E-state index contributed by atoms with van der Waals surface area (Å²) in [5, 5.41) is 3.51. The first-order valence-corrected chi connectivity index (χ1v) is 6.89. The minimum atomic E-state index is -0.324. The Balaban J connectivity index is 1.54. The third-order valence-electron chi connectivity index (χ3n) is 3.87. The number of rotatable bonds is 3. The number of carbonyl (C=O) groups excluding carboxylic acids is 1. The number of amides is 2. The second-order valence-corrected chi connectivity index (χ2v) is 5.13. The molecule has 108 valence electrons. The van der Waals surface area contributed by atoms with Crippen LogP contribution >= 0.6 is 0 Å². The number of carbonyl (C=O) groups is 1. The summed E-state index contributed by atoms with van der Waals surface area (Å²) < 4.78 is 10.8. The van der Waals surface area contributed by atoms with Crippen LogP contribution in [-0.2, 0) is 6.54 Å². The van der Waals surface area contributed by atoms with E-state index in [2.05, 4.69) is 5.32 Å². The first-order valence-electron chi connectivity index (χ1n) is 6.89. The Labute approximate surface area is 117 Å². The molecule has 0 spiro atoms. The molecule has 3 rings (SSSR count). The Hall–Kier alpha value is -1.95. The van der Waals surface area contributed by atoms with Crippen molar-refractivity contribution in [1.82, 2.24) is 10.2 Å². The van der Waals surface area contributed by atoms with Gasteiger partial charge < -0.3 is 25.4 Å². The molecule has 6 nitrogen and oxygen atoms in total. The molecule has 1 fully saturated rings. The third-order valence-corrected chi connectivity index (χ3v) is 3.87. The van der Waals surface area contributed by atoms with Crippen molar-refractivity contribution in [1.29, 1.82) is 0 Å². The van der Waals surface area contributed by atoms with Crippen molar-refractivity contribution in [2.45, 2.75) is 25.4 Å². The third kappa shape index (κ3) is 2.65. The summed E-state index contributed by atoms with van der Waals surface area (Å²) in [7, 11) is 0. The maximum Gasteiger partial charge on any atom is 0.314 e. The lowest BCUT2D eigenvalue weighted by Crippen LogP contribution is -2.46. The molecule has 0 radical (unpaired) electrons. The molecular formula is C14H19N3O3. The minimum Gasteiger partial charge on any atom is -0.454 e. The lowest BCUT2D eigenvalue weighted by atomic mass is 10.0. The molecule has 0 aliphatic carbocycles. The van der Waals surface area contributed by atoms with Gasteiger partial charge in [-0.15, -0.1) is 0 Å². The second-order valence-electron chi connectivity index (χ2n) is 5.13. The van der Waals surface area contributed by atoms with Crippen molar-refractivity contribution >= 4 is 6.03 Å². The fourth-order valence-corrected chi connectivity index (χ4v) is 2.69. The van der Waals surface area contributed by atoms with E-state index >= 15 is 0 Å². The van der Waals surface area contributed by atoms with Gasteiger partial charge in [0.1, 0.15) is 0 Å². The van der Waals surface area contributed by atoms with E-state index in [1.165, 1.54) is 0 Å². The van der Waals surface area contributed by atoms with Gasteiger partial charge in [0, 0.05) is 31.2 Å². The molecule has 1 aromatic carbocycles. The number of primary amides is 1. The van der Waals surface area contributed by atoms with Gasteiger partial charge in [-0.1, -0.05) is 12.1 Å². The number of hydrogen-bond acceptors (Lipinski definition) is 4. The molecule has 2 aliphatic heterocycles. The Kier molecular flexibility index (Phi) is 3.64. The Morgan fingerprint density at radius 1 is 1.35 bits per heavy atom. The highest BCUT2D eigenvalue weighted by atomic mass is 16.7. The van der Waals surface area contributed by atoms with Crippen LogP contribution in [0.5, 0.6) is 11.5 Å². The number of likely N-dealkylation sites (tertiary alicyclic amines) is 1. The highest BCUT2D eigenvalue weighted by Crippen LogP contribution is 2.35. The normalized spacial score (nSPS) is 18.3. The minimum absolute atomic E-state index is 0.295. The van der Waals surface area contributed by atoms with Crippen LogP contribution in [0.25, 0.3) is 0 Å². The molecule has 1 aromatic rings. The van der Waals surface area contributed by atoms with E-state index in [1.54, 1.807) is 4.90 Å². The predicted molar refractivity (Wildman–Crippen MR) is 73.6 cm³/mol. The number of ether oxygens (including phenoxy) is 2. The van der Waals surface area contributed by atoms with E-state index in [0.717, 1.165) is 49.5 Å². The molecule has 0 aromatic heterocycles. The maximum atomic E-state index is 11.1. The largest absolute Gasteiger partial charge is 0.454 e. The Morgan fingerprint density at radius 2 is 2.15 bits per heavy atom. The molecule has 3 N–H and O–H groups in total. The van der Waals surface area contributed by atoms with E-state index in [1.807, 2.05) is 18.2 Å². The van der Waals surface area contributed by atoms with Crippen LogP contribution < -0.4 is 20.5 Å². The van der Waals surface area contributed by atoms with E-state index in [4.69, 9.17) is 15.2 Å². The monoisotopic (exact) mass is 277 g/mol. The van der Waals surface area contributed by atoms with Gasteiger partial charge in [0.05, 0.1) is 0 Å². The topological polar surface area (TPSA) is 76.8 Å². The number of nitrogens with two attached hydrogens (primary N) is 1. The summed E-state index contributed by atoms with van der Waals surface area (Å²) in [5.74, 6) is 1.66. The molecule has 2 heterocycles. The molecular weight excluding hydrogens is 258 g/mol. The van der Waals surface area contributed by atoms with Crippen LogP contribution in [0.3, 0.4) is 0 Å². The summed E-state index contributed by atoms with van der Waals surface area (Å²) in [6.07, 6.45) is 1.85. The highest BCUT2D eigenvalue weighted by molar-refractivity contribution is 5.72. The standard InChI is InChI=1S/C14H19N3O3/c15-14(18)17-6-4-11(5-7-17)16-8-10-2-1-3-12-13(10)20-9-19-12/h1-3,11,16H,4-9H2,(H2,15,18). The van der Waals surface area contributed by atoms with Crippen LogP contribution in [0.1, 0.15) is 18.4 Å². The van der Waals surface area contributed by atoms with Crippen molar-refractivity contribution < 1.29 is 14.3 Å². The summed E-state index contributed by atoms with van der Waals surface area (Å²) >= 11 is 0. The fourth-order valence-electron chi connectivity index (χ4n) is 2.69. The van der Waals surface area contributed by atoms with Gasteiger partial charge in [-0.25, -0.2) is 4.79 Å². The van der Waals surface area contributed by atoms with E-state index < -0.39 is 0 Å². The average molecular weight is 277 g/mol. The number of nitrogens with zero attached hydrogens (tertiary/aromatic N) is 1. The van der Waals surface area contributed by atoms with Crippen LogP contribution in [0.4, 0.5) is 4.79 Å². The Bertz CT molecular complexity index is 498. The lowest BCUT2D eigenvalue weighted by Gasteiger charge is -2.31. The number of para-hydroxylation sites is 1. The Morgan fingerprint density at radius 3 is 2.90 bits per heavy atom. The first kappa shape index (κ1) is 13.1. The molecule has 6 heteroatoms. The fraction of sp³-hybridized carbons (Fsp3) is 0.500. The molecule has 0 unspecified atom stereocenters. The van der Waals surface area contributed by atoms with Crippen LogP contribution in [0, 0.1) is 0 Å². The van der Waals surface area contributed by atoms with Crippen molar-refractivity contribution in [2.75, 3.05) is 19.9 Å². The van der Waals surface area contributed by atoms with Gasteiger partial charge in [0.25, 0.3) is 0 Å². The molecule has 2 aliphatic rings. The second kappa shape index (κ2) is 5.58. The van der Waals surface area contributed by atoms with Crippen molar-refractivity contribution in [3.63, 3.8) is 0 Å². The van der Waals surface area contributed by atoms with Crippen molar-refractivity contribution in [3.8, 4) is 11.5 Å². The van der Waals surface area contributed by atoms with Gasteiger partial charge in [0.2, 0.25) is 6.79 Å². The van der Waals surface area contributed by atoms with E-state index in [0.29, 0.717) is 12.8 Å². The zero-order chi connectivity index (χ0) is 13.9. The highest BCUT2D eigenvalue weighted by Gasteiger charge is 2.22. The molecule has 20 heavy (non-hydrogen) atoms. The zero-order valence-electron chi connectivity index (χ0n) is 11.3. The summed E-state index contributed by atoms with van der Waals surface area (Å²) in [6, 6.07) is 6.01. The summed E-state index contributed by atoms with van der Waals surface area (Å²) in [6.45, 7) is 2.48. The number of urea groups is 1. The molecule has 0 bridgehead atoms. The zero-order valence-corrected chi connectivity index (χ0v) is 11.3. The van der Waals surface area contributed by atoms with Gasteiger partial charge in [0.15, 0.2) is 11.5 Å². The SMILES string of the molecule is NC(=O)N1CCC(NCc2cccc3c2OCO3)CC1. The molecule has 0 atom stereocenters. The quantitative estimate of drug-likeness (QED) is 0.865. The van der Waals surface area contributed by atoms with Gasteiger partial charge >= 0.3 is 6.03 Å². The molecule has 0 saturated carbocycles. The molecule has 1 saturated heterocycles. The van der Waals surface area contributed by atoms with Crippen LogP contribution in [-0.4, -0.2) is 36.9 Å². The van der Waals surface area contributed by atoms with Crippen molar-refractivity contribution in [3.05, 3.63) is 23.8 Å². The summed E-state index contributed by atoms with van der Waals surface area (Å²) in [4.78, 5) is 12.8. The van der Waals surface area contributed by atoms with E-state index in [9.17, 15) is 4.79 Å². The lowest BCUT2D eigenvalue weighted by molar-refractivity contribution is 0.172. The maximum absolute atomic E-state index is 11.1.